The zero-order valence-electron chi connectivity index (χ0n) is 28.6. The van der Waals surface area contributed by atoms with Gasteiger partial charge in [-0.15, -0.1) is 0 Å². The van der Waals surface area contributed by atoms with E-state index >= 15 is 0 Å². The fourth-order valence-electron chi connectivity index (χ4n) is 8.70. The van der Waals surface area contributed by atoms with Gasteiger partial charge in [-0.05, 0) is 77.9 Å². The molecule has 0 bridgehead atoms. The van der Waals surface area contributed by atoms with Crippen molar-refractivity contribution in [1.29, 1.82) is 0 Å². The van der Waals surface area contributed by atoms with Gasteiger partial charge >= 0.3 is 0 Å². The second-order valence-corrected chi connectivity index (χ2v) is 13.6. The Kier molecular flexibility index (Phi) is 6.28. The molecule has 0 unspecified atom stereocenters. The van der Waals surface area contributed by atoms with Crippen LogP contribution in [0.4, 0.5) is 5.69 Å². The van der Waals surface area contributed by atoms with Crippen molar-refractivity contribution in [2.75, 3.05) is 0 Å². The predicted octanol–water partition coefficient (Wildman–Crippen LogP) is 13.2. The summed E-state index contributed by atoms with van der Waals surface area (Å²) in [5.41, 5.74) is 12.7. The smallest absolute Gasteiger partial charge is 0.211 e. The molecule has 4 heteroatoms. The number of para-hydroxylation sites is 6. The molecule has 0 aliphatic carbocycles. The van der Waals surface area contributed by atoms with Crippen LogP contribution in [0.25, 0.3) is 98.5 Å². The highest BCUT2D eigenvalue weighted by Crippen LogP contribution is 2.46. The summed E-state index contributed by atoms with van der Waals surface area (Å²) < 4.78 is 7.05. The summed E-state index contributed by atoms with van der Waals surface area (Å²) in [4.78, 5) is 4.16. The molecule has 8 aromatic carbocycles. The van der Waals surface area contributed by atoms with Gasteiger partial charge in [-0.2, -0.15) is 0 Å². The zero-order chi connectivity index (χ0) is 35.0. The normalized spacial score (nSPS) is 11.8. The van der Waals surface area contributed by atoms with E-state index in [1.54, 1.807) is 0 Å². The molecular weight excluding hydrogens is 645 g/mol. The fourth-order valence-corrected chi connectivity index (χ4v) is 8.70. The number of hydrogen-bond acceptors (Lipinski definition) is 0. The number of fused-ring (bicyclic) bond motifs is 10. The molecule has 0 spiro atoms. The largest absolute Gasteiger partial charge is 0.318 e. The molecule has 3 aromatic heterocycles. The lowest BCUT2D eigenvalue weighted by atomic mass is 9.99. The first kappa shape index (κ1) is 29.4. The SMILES string of the molecule is [C-]#[N+]c1cccc(-c2ccc3c(c2)c2ccccc2n3-c2ccccc2)c1-n1c2ccccc2c2c3c4ccccc4n(-c4ccccc4)c3ccc21. The molecule has 11 rings (SSSR count). The second-order valence-electron chi connectivity index (χ2n) is 13.6. The van der Waals surface area contributed by atoms with Crippen LogP contribution < -0.4 is 0 Å². The third-order valence-electron chi connectivity index (χ3n) is 10.8. The van der Waals surface area contributed by atoms with E-state index in [-0.39, 0.29) is 0 Å². The molecule has 0 N–H and O–H groups in total. The average molecular weight is 675 g/mol. The summed E-state index contributed by atoms with van der Waals surface area (Å²) in [6.07, 6.45) is 0. The van der Waals surface area contributed by atoms with Crippen LogP contribution in [-0.2, 0) is 0 Å². The van der Waals surface area contributed by atoms with E-state index in [0.717, 1.165) is 55.6 Å². The minimum absolute atomic E-state index is 0.615. The number of aromatic nitrogens is 3. The minimum atomic E-state index is 0.615. The molecule has 53 heavy (non-hydrogen) atoms. The van der Waals surface area contributed by atoms with Crippen molar-refractivity contribution in [2.24, 2.45) is 0 Å². The summed E-state index contributed by atoms with van der Waals surface area (Å²) in [5.74, 6) is 0. The topological polar surface area (TPSA) is 19.1 Å². The second kappa shape index (κ2) is 11.3. The number of benzene rings is 8. The van der Waals surface area contributed by atoms with Crippen LogP contribution in [-0.4, -0.2) is 13.7 Å². The van der Waals surface area contributed by atoms with Gasteiger partial charge in [0.1, 0.15) is 0 Å². The Labute approximate surface area is 305 Å². The zero-order valence-corrected chi connectivity index (χ0v) is 28.6. The lowest BCUT2D eigenvalue weighted by Crippen LogP contribution is -1.98. The van der Waals surface area contributed by atoms with Gasteiger partial charge in [0.25, 0.3) is 0 Å². The molecule has 0 amide bonds. The van der Waals surface area contributed by atoms with Gasteiger partial charge in [-0.1, -0.05) is 115 Å². The third kappa shape index (κ3) is 4.16. The molecule has 0 aliphatic rings. The summed E-state index contributed by atoms with van der Waals surface area (Å²) in [7, 11) is 0. The fraction of sp³-hybridized carbons (Fsp3) is 0. The average Bonchev–Trinajstić information content (AvgIpc) is 3.86. The molecule has 246 valence electrons. The van der Waals surface area contributed by atoms with Crippen LogP contribution in [0.5, 0.6) is 0 Å². The maximum atomic E-state index is 8.44. The Morgan fingerprint density at radius 1 is 0.358 bits per heavy atom. The van der Waals surface area contributed by atoms with Crippen molar-refractivity contribution in [3.8, 4) is 28.2 Å². The van der Waals surface area contributed by atoms with Crippen molar-refractivity contribution >= 4 is 71.1 Å². The van der Waals surface area contributed by atoms with Crippen molar-refractivity contribution in [3.63, 3.8) is 0 Å². The van der Waals surface area contributed by atoms with Crippen LogP contribution in [0.2, 0.25) is 0 Å². The van der Waals surface area contributed by atoms with E-state index in [1.165, 1.54) is 38.0 Å². The van der Waals surface area contributed by atoms with E-state index in [4.69, 9.17) is 6.57 Å². The van der Waals surface area contributed by atoms with Crippen LogP contribution in [0, 0.1) is 6.57 Å². The maximum Gasteiger partial charge on any atom is 0.211 e. The summed E-state index contributed by atoms with van der Waals surface area (Å²) in [6, 6.07) is 64.5. The highest BCUT2D eigenvalue weighted by atomic mass is 15.0. The Hall–Kier alpha value is -7.35. The lowest BCUT2D eigenvalue weighted by Gasteiger charge is -2.16. The summed E-state index contributed by atoms with van der Waals surface area (Å²) >= 11 is 0. The first-order valence-corrected chi connectivity index (χ1v) is 17.9. The van der Waals surface area contributed by atoms with Gasteiger partial charge in [0.05, 0.1) is 45.4 Å². The van der Waals surface area contributed by atoms with Crippen molar-refractivity contribution in [3.05, 3.63) is 193 Å². The lowest BCUT2D eigenvalue weighted by molar-refractivity contribution is 1.17. The van der Waals surface area contributed by atoms with Gasteiger partial charge in [0, 0.05) is 43.7 Å². The molecule has 0 saturated heterocycles. The Morgan fingerprint density at radius 3 is 1.45 bits per heavy atom. The molecule has 0 radical (unpaired) electrons. The van der Waals surface area contributed by atoms with Crippen LogP contribution in [0.15, 0.2) is 182 Å². The van der Waals surface area contributed by atoms with Crippen LogP contribution in [0.3, 0.4) is 0 Å². The highest BCUT2D eigenvalue weighted by Gasteiger charge is 2.23. The van der Waals surface area contributed by atoms with Gasteiger partial charge in [0.15, 0.2) is 0 Å². The molecule has 0 fully saturated rings. The monoisotopic (exact) mass is 674 g/mol. The molecule has 4 nitrogen and oxygen atoms in total. The number of rotatable bonds is 4. The molecule has 0 aliphatic heterocycles. The number of nitrogens with zero attached hydrogens (tertiary/aromatic N) is 4. The third-order valence-corrected chi connectivity index (χ3v) is 10.8. The minimum Gasteiger partial charge on any atom is -0.318 e. The summed E-state index contributed by atoms with van der Waals surface area (Å²) in [6.45, 7) is 8.44. The Bertz CT molecular complexity index is 3280. The molecule has 0 atom stereocenters. The highest BCUT2D eigenvalue weighted by molar-refractivity contribution is 6.29. The van der Waals surface area contributed by atoms with Crippen molar-refractivity contribution < 1.29 is 0 Å². The van der Waals surface area contributed by atoms with Gasteiger partial charge < -0.3 is 13.7 Å². The van der Waals surface area contributed by atoms with E-state index in [1.807, 2.05) is 12.1 Å². The first-order chi connectivity index (χ1) is 26.3. The first-order valence-electron chi connectivity index (χ1n) is 17.9. The number of hydrogen-bond donors (Lipinski definition) is 0. The molecule has 11 aromatic rings. The van der Waals surface area contributed by atoms with Crippen LogP contribution in [0.1, 0.15) is 0 Å². The maximum absolute atomic E-state index is 8.44. The van der Waals surface area contributed by atoms with Gasteiger partial charge in [0.2, 0.25) is 5.69 Å². The van der Waals surface area contributed by atoms with E-state index < -0.39 is 0 Å². The predicted molar refractivity (Wildman–Crippen MR) is 221 cm³/mol. The van der Waals surface area contributed by atoms with Gasteiger partial charge in [-0.3, -0.25) is 0 Å². The Balaban J connectivity index is 1.23. The molecule has 3 heterocycles. The summed E-state index contributed by atoms with van der Waals surface area (Å²) in [5, 5.41) is 7.16. The van der Waals surface area contributed by atoms with E-state index in [0.29, 0.717) is 5.69 Å². The van der Waals surface area contributed by atoms with E-state index in [9.17, 15) is 0 Å². The molecular formula is C49H30N4. The van der Waals surface area contributed by atoms with Crippen molar-refractivity contribution in [1.82, 2.24) is 13.7 Å². The van der Waals surface area contributed by atoms with Crippen molar-refractivity contribution in [2.45, 2.75) is 0 Å². The Morgan fingerprint density at radius 2 is 0.830 bits per heavy atom. The quantitative estimate of drug-likeness (QED) is 0.166. The molecule has 0 saturated carbocycles. The van der Waals surface area contributed by atoms with Crippen LogP contribution >= 0.6 is 0 Å². The standard InChI is InChI=1S/C49H30N4/c1-50-40-23-14-22-35(32-27-28-44-39(31-32)36-19-8-11-24-41(36)51(44)33-15-4-2-5-16-33)49(40)53-43-26-13-10-21-38(43)48-46(53)30-29-45-47(48)37-20-9-12-25-42(37)52(45)34-17-6-3-7-18-34/h2-31H. The van der Waals surface area contributed by atoms with E-state index in [2.05, 4.69) is 188 Å². The van der Waals surface area contributed by atoms with Gasteiger partial charge in [-0.25, -0.2) is 4.85 Å².